The van der Waals surface area contributed by atoms with Crippen LogP contribution in [0.15, 0.2) is 36.7 Å². The van der Waals surface area contributed by atoms with E-state index in [1.807, 2.05) is 11.9 Å². The van der Waals surface area contributed by atoms with Crippen LogP contribution in [0.4, 0.5) is 0 Å². The van der Waals surface area contributed by atoms with E-state index < -0.39 is 0 Å². The van der Waals surface area contributed by atoms with Gasteiger partial charge < -0.3 is 9.80 Å². The van der Waals surface area contributed by atoms with Crippen LogP contribution in [-0.4, -0.2) is 46.1 Å². The molecule has 1 aliphatic rings. The van der Waals surface area contributed by atoms with E-state index in [9.17, 15) is 4.79 Å². The van der Waals surface area contributed by atoms with Crippen molar-refractivity contribution < 1.29 is 4.79 Å². The number of hydrogen-bond donors (Lipinski definition) is 0. The minimum absolute atomic E-state index is 0.0881. The molecule has 1 atom stereocenters. The predicted molar refractivity (Wildman–Crippen MR) is 94.7 cm³/mol. The van der Waals surface area contributed by atoms with Gasteiger partial charge in [0.15, 0.2) is 0 Å². The van der Waals surface area contributed by atoms with Gasteiger partial charge in [0.1, 0.15) is 0 Å². The molecule has 5 nitrogen and oxygen atoms in total. The summed E-state index contributed by atoms with van der Waals surface area (Å²) < 4.78 is 1.68. The number of aryl methyl sites for hydroxylation is 1. The fourth-order valence-corrected chi connectivity index (χ4v) is 3.43. The van der Waals surface area contributed by atoms with E-state index in [0.29, 0.717) is 5.56 Å². The average molecular weight is 326 g/mol. The van der Waals surface area contributed by atoms with E-state index in [1.54, 1.807) is 17.1 Å². The molecule has 3 rings (SSSR count). The van der Waals surface area contributed by atoms with Crippen molar-refractivity contribution in [3.63, 3.8) is 0 Å². The number of benzene rings is 1. The highest BCUT2D eigenvalue weighted by Crippen LogP contribution is 2.32. The van der Waals surface area contributed by atoms with Crippen molar-refractivity contribution >= 4 is 5.91 Å². The first-order valence-electron chi connectivity index (χ1n) is 8.58. The molecule has 0 radical (unpaired) electrons. The van der Waals surface area contributed by atoms with Crippen LogP contribution in [-0.2, 0) is 13.6 Å². The van der Waals surface area contributed by atoms with Crippen LogP contribution >= 0.6 is 0 Å². The summed E-state index contributed by atoms with van der Waals surface area (Å²) in [6.07, 6.45) is 6.73. The second-order valence-electron chi connectivity index (χ2n) is 6.89. The van der Waals surface area contributed by atoms with Crippen molar-refractivity contribution in [2.75, 3.05) is 20.6 Å². The zero-order valence-electron chi connectivity index (χ0n) is 14.8. The van der Waals surface area contributed by atoms with Crippen molar-refractivity contribution in [1.29, 1.82) is 0 Å². The van der Waals surface area contributed by atoms with Gasteiger partial charge in [0.25, 0.3) is 5.91 Å². The summed E-state index contributed by atoms with van der Waals surface area (Å²) in [6, 6.07) is 8.88. The number of aromatic nitrogens is 2. The molecule has 0 spiro atoms. The summed E-state index contributed by atoms with van der Waals surface area (Å²) in [5.74, 6) is 0.0881. The fourth-order valence-electron chi connectivity index (χ4n) is 3.43. The average Bonchev–Trinajstić information content (AvgIpc) is 3.01. The Morgan fingerprint density at radius 3 is 2.62 bits per heavy atom. The summed E-state index contributed by atoms with van der Waals surface area (Å²) in [4.78, 5) is 17.1. The number of likely N-dealkylation sites (tertiary alicyclic amines) is 1. The second-order valence-corrected chi connectivity index (χ2v) is 6.89. The van der Waals surface area contributed by atoms with Crippen molar-refractivity contribution in [2.45, 2.75) is 31.8 Å². The predicted octanol–water partition coefficient (Wildman–Crippen LogP) is 2.85. The Hall–Kier alpha value is -2.14. The highest BCUT2D eigenvalue weighted by molar-refractivity contribution is 5.94. The minimum atomic E-state index is 0.0881. The standard InChI is InChI=1S/C19H26N4O/c1-21(2)13-15-7-9-16(10-8-15)18-6-4-5-11-23(18)19(24)17-12-20-22(3)14-17/h7-10,12,14,18H,4-6,11,13H2,1-3H3/t18-/m0/s1. The normalized spacial score (nSPS) is 18.2. The van der Waals surface area contributed by atoms with Crippen LogP contribution < -0.4 is 0 Å². The lowest BCUT2D eigenvalue weighted by atomic mass is 9.94. The fraction of sp³-hybridized carbons (Fsp3) is 0.474. The van der Waals surface area contributed by atoms with E-state index in [1.165, 1.54) is 17.5 Å². The van der Waals surface area contributed by atoms with Crippen LogP contribution in [0.1, 0.15) is 46.8 Å². The molecule has 0 aliphatic carbocycles. The molecule has 2 aromatic rings. The summed E-state index contributed by atoms with van der Waals surface area (Å²) >= 11 is 0. The largest absolute Gasteiger partial charge is 0.332 e. The number of carbonyl (C=O) groups excluding carboxylic acids is 1. The maximum Gasteiger partial charge on any atom is 0.257 e. The third-order valence-corrected chi connectivity index (χ3v) is 4.58. The first kappa shape index (κ1) is 16.7. The maximum absolute atomic E-state index is 12.9. The molecule has 0 N–H and O–H groups in total. The third-order valence-electron chi connectivity index (χ3n) is 4.58. The van der Waals surface area contributed by atoms with Crippen LogP contribution in [0.3, 0.4) is 0 Å². The monoisotopic (exact) mass is 326 g/mol. The molecule has 5 heteroatoms. The molecule has 1 fully saturated rings. The molecule has 0 bridgehead atoms. The summed E-state index contributed by atoms with van der Waals surface area (Å²) in [5.41, 5.74) is 3.20. The Balaban J connectivity index is 1.80. The zero-order valence-corrected chi connectivity index (χ0v) is 14.8. The summed E-state index contributed by atoms with van der Waals surface area (Å²) in [5, 5.41) is 4.13. The molecule has 1 saturated heterocycles. The number of rotatable bonds is 4. The van der Waals surface area contributed by atoms with E-state index in [0.717, 1.165) is 25.9 Å². The molecule has 1 amide bonds. The number of carbonyl (C=O) groups is 1. The van der Waals surface area contributed by atoms with E-state index in [4.69, 9.17) is 0 Å². The molecule has 24 heavy (non-hydrogen) atoms. The summed E-state index contributed by atoms with van der Waals surface area (Å²) in [7, 11) is 5.99. The number of piperidine rings is 1. The number of amides is 1. The lowest BCUT2D eigenvalue weighted by Crippen LogP contribution is -2.38. The highest BCUT2D eigenvalue weighted by atomic mass is 16.2. The molecule has 0 unspecified atom stereocenters. The molecule has 1 aliphatic heterocycles. The topological polar surface area (TPSA) is 41.4 Å². The molecule has 1 aromatic heterocycles. The maximum atomic E-state index is 12.9. The molecule has 128 valence electrons. The van der Waals surface area contributed by atoms with Crippen molar-refractivity contribution in [2.24, 2.45) is 7.05 Å². The van der Waals surface area contributed by atoms with Crippen LogP contribution in [0.25, 0.3) is 0 Å². The van der Waals surface area contributed by atoms with Gasteiger partial charge >= 0.3 is 0 Å². The molecular formula is C19H26N4O. The molecular weight excluding hydrogens is 300 g/mol. The van der Waals surface area contributed by atoms with Crippen molar-refractivity contribution in [1.82, 2.24) is 19.6 Å². The lowest BCUT2D eigenvalue weighted by molar-refractivity contribution is 0.0611. The van der Waals surface area contributed by atoms with Gasteiger partial charge in [-0.15, -0.1) is 0 Å². The number of nitrogens with zero attached hydrogens (tertiary/aromatic N) is 4. The van der Waals surface area contributed by atoms with E-state index in [2.05, 4.69) is 48.4 Å². The van der Waals surface area contributed by atoms with Gasteiger partial charge in [-0.3, -0.25) is 9.48 Å². The highest BCUT2D eigenvalue weighted by Gasteiger charge is 2.29. The van der Waals surface area contributed by atoms with Gasteiger partial charge in [-0.25, -0.2) is 0 Å². The quantitative estimate of drug-likeness (QED) is 0.867. The van der Waals surface area contributed by atoms with Crippen LogP contribution in [0, 0.1) is 0 Å². The Kier molecular flexibility index (Phi) is 5.00. The second kappa shape index (κ2) is 7.18. The molecule has 1 aromatic carbocycles. The Morgan fingerprint density at radius 2 is 2.00 bits per heavy atom. The Labute approximate surface area is 143 Å². The van der Waals surface area contributed by atoms with Gasteiger partial charge in [-0.2, -0.15) is 5.10 Å². The van der Waals surface area contributed by atoms with Crippen LogP contribution in [0.2, 0.25) is 0 Å². The third kappa shape index (κ3) is 3.67. The van der Waals surface area contributed by atoms with Crippen molar-refractivity contribution in [3.05, 3.63) is 53.3 Å². The minimum Gasteiger partial charge on any atom is -0.332 e. The molecule has 2 heterocycles. The number of hydrogen-bond acceptors (Lipinski definition) is 3. The van der Waals surface area contributed by atoms with E-state index in [-0.39, 0.29) is 11.9 Å². The van der Waals surface area contributed by atoms with Gasteiger partial charge in [0, 0.05) is 26.3 Å². The zero-order chi connectivity index (χ0) is 17.1. The van der Waals surface area contributed by atoms with Crippen molar-refractivity contribution in [3.8, 4) is 0 Å². The van der Waals surface area contributed by atoms with Crippen LogP contribution in [0.5, 0.6) is 0 Å². The SMILES string of the molecule is CN(C)Cc1ccc([C@@H]2CCCCN2C(=O)c2cnn(C)c2)cc1. The smallest absolute Gasteiger partial charge is 0.257 e. The van der Waals surface area contributed by atoms with E-state index >= 15 is 0 Å². The Morgan fingerprint density at radius 1 is 1.25 bits per heavy atom. The van der Waals surface area contributed by atoms with Gasteiger partial charge in [0.2, 0.25) is 0 Å². The lowest BCUT2D eigenvalue weighted by Gasteiger charge is -2.36. The summed E-state index contributed by atoms with van der Waals surface area (Å²) in [6.45, 7) is 1.75. The van der Waals surface area contributed by atoms with Gasteiger partial charge in [-0.1, -0.05) is 24.3 Å². The van der Waals surface area contributed by atoms with Gasteiger partial charge in [0.05, 0.1) is 17.8 Å². The first-order valence-corrected chi connectivity index (χ1v) is 8.58. The van der Waals surface area contributed by atoms with Gasteiger partial charge in [-0.05, 0) is 44.5 Å². The Bertz CT molecular complexity index is 690. The first-order chi connectivity index (χ1) is 11.5. The molecule has 0 saturated carbocycles.